The number of hydrogen-bond donors (Lipinski definition) is 2. The van der Waals surface area contributed by atoms with Crippen LogP contribution in [0.5, 0.6) is 0 Å². The second-order valence-corrected chi connectivity index (χ2v) is 5.11. The molecule has 0 aliphatic carbocycles. The summed E-state index contributed by atoms with van der Waals surface area (Å²) in [6, 6.07) is -0.357. The van der Waals surface area contributed by atoms with Crippen molar-refractivity contribution in [2.45, 2.75) is 38.8 Å². The normalized spacial score (nSPS) is 23.3. The molecule has 0 aromatic carbocycles. The van der Waals surface area contributed by atoms with Gasteiger partial charge in [0.2, 0.25) is 0 Å². The molecule has 0 aromatic heterocycles. The summed E-state index contributed by atoms with van der Waals surface area (Å²) in [4.78, 5) is 26.6. The van der Waals surface area contributed by atoms with E-state index in [0.29, 0.717) is 0 Å². The molecule has 1 rings (SSSR count). The second kappa shape index (κ2) is 6.58. The van der Waals surface area contributed by atoms with Gasteiger partial charge in [-0.25, -0.2) is 4.79 Å². The number of likely N-dealkylation sites (N-methyl/N-ethyl adjacent to an activating group) is 1. The van der Waals surface area contributed by atoms with Crippen LogP contribution in [0.1, 0.15) is 26.7 Å². The quantitative estimate of drug-likeness (QED) is 0.776. The third kappa shape index (κ3) is 4.52. The average Bonchev–Trinajstić information content (AvgIpc) is 2.37. The van der Waals surface area contributed by atoms with Crippen LogP contribution in [0.3, 0.4) is 0 Å². The van der Waals surface area contributed by atoms with Crippen molar-refractivity contribution in [1.29, 1.82) is 0 Å². The highest BCUT2D eigenvalue weighted by Crippen LogP contribution is 2.09. The van der Waals surface area contributed by atoms with E-state index >= 15 is 0 Å². The summed E-state index contributed by atoms with van der Waals surface area (Å²) in [6.45, 7) is 6.28. The van der Waals surface area contributed by atoms with Crippen molar-refractivity contribution in [1.82, 2.24) is 15.1 Å². The molecule has 104 valence electrons. The van der Waals surface area contributed by atoms with Crippen LogP contribution in [-0.2, 0) is 4.79 Å². The third-order valence-electron chi connectivity index (χ3n) is 3.16. The number of nitrogens with zero attached hydrogens (tertiary/aromatic N) is 2. The third-order valence-corrected chi connectivity index (χ3v) is 3.16. The predicted octanol–water partition coefficient (Wildman–Crippen LogP) is 0.585. The number of carboxylic acids is 1. The lowest BCUT2D eigenvalue weighted by molar-refractivity contribution is -0.137. The molecule has 1 saturated heterocycles. The van der Waals surface area contributed by atoms with Crippen LogP contribution in [0.4, 0.5) is 4.79 Å². The first-order valence-corrected chi connectivity index (χ1v) is 6.37. The number of aliphatic carboxylic acids is 1. The monoisotopic (exact) mass is 257 g/mol. The highest BCUT2D eigenvalue weighted by Gasteiger charge is 2.25. The largest absolute Gasteiger partial charge is 0.481 e. The van der Waals surface area contributed by atoms with E-state index in [2.05, 4.69) is 10.2 Å². The van der Waals surface area contributed by atoms with Gasteiger partial charge in [0.15, 0.2) is 0 Å². The zero-order valence-corrected chi connectivity index (χ0v) is 11.3. The van der Waals surface area contributed by atoms with Gasteiger partial charge in [-0.1, -0.05) is 0 Å². The minimum atomic E-state index is -0.897. The molecule has 0 saturated carbocycles. The summed E-state index contributed by atoms with van der Waals surface area (Å²) in [6.07, 6.45) is 0.898. The standard InChI is InChI=1S/C12H23N3O3/c1-9(7-11(16)17)13-12(18)15-6-4-5-14(3)8-10(15)2/h9-10H,4-8H2,1-3H3,(H,13,18)(H,16,17). The van der Waals surface area contributed by atoms with E-state index in [0.717, 1.165) is 26.1 Å². The van der Waals surface area contributed by atoms with E-state index in [-0.39, 0.29) is 24.5 Å². The predicted molar refractivity (Wildman–Crippen MR) is 68.5 cm³/mol. The number of hydrogen-bond acceptors (Lipinski definition) is 3. The first-order chi connectivity index (χ1) is 8.40. The van der Waals surface area contributed by atoms with Crippen molar-refractivity contribution in [3.63, 3.8) is 0 Å². The summed E-state index contributed by atoms with van der Waals surface area (Å²) >= 11 is 0. The van der Waals surface area contributed by atoms with Crippen LogP contribution in [0, 0.1) is 0 Å². The van der Waals surface area contributed by atoms with Crippen LogP contribution in [-0.4, -0.2) is 65.7 Å². The fourth-order valence-corrected chi connectivity index (χ4v) is 2.28. The molecule has 1 aliphatic rings. The van der Waals surface area contributed by atoms with E-state index < -0.39 is 5.97 Å². The molecule has 0 aromatic rings. The molecule has 0 bridgehead atoms. The maximum atomic E-state index is 12.1. The van der Waals surface area contributed by atoms with Gasteiger partial charge in [0, 0.05) is 25.2 Å². The number of urea groups is 1. The average molecular weight is 257 g/mol. The highest BCUT2D eigenvalue weighted by molar-refractivity contribution is 5.76. The Hall–Kier alpha value is -1.30. The van der Waals surface area contributed by atoms with Crippen LogP contribution in [0.25, 0.3) is 0 Å². The van der Waals surface area contributed by atoms with Gasteiger partial charge >= 0.3 is 12.0 Å². The molecule has 2 unspecified atom stereocenters. The maximum Gasteiger partial charge on any atom is 0.317 e. The van der Waals surface area contributed by atoms with Crippen LogP contribution < -0.4 is 5.32 Å². The van der Waals surface area contributed by atoms with E-state index in [4.69, 9.17) is 5.11 Å². The number of carboxylic acid groups (broad SMARTS) is 1. The van der Waals surface area contributed by atoms with Crippen molar-refractivity contribution < 1.29 is 14.7 Å². The Bertz CT molecular complexity index is 309. The number of nitrogens with one attached hydrogen (secondary N) is 1. The topological polar surface area (TPSA) is 72.9 Å². The number of rotatable bonds is 3. The number of amides is 2. The second-order valence-electron chi connectivity index (χ2n) is 5.11. The van der Waals surface area contributed by atoms with Gasteiger partial charge in [0.25, 0.3) is 0 Å². The van der Waals surface area contributed by atoms with Gasteiger partial charge in [-0.15, -0.1) is 0 Å². The zero-order chi connectivity index (χ0) is 13.7. The van der Waals surface area contributed by atoms with Gasteiger partial charge < -0.3 is 20.2 Å². The molecule has 2 amide bonds. The van der Waals surface area contributed by atoms with E-state index in [1.54, 1.807) is 11.8 Å². The molecule has 2 atom stereocenters. The van der Waals surface area contributed by atoms with E-state index in [9.17, 15) is 9.59 Å². The molecular formula is C12H23N3O3. The molecule has 2 N–H and O–H groups in total. The van der Waals surface area contributed by atoms with Crippen LogP contribution >= 0.6 is 0 Å². The molecule has 6 heteroatoms. The molecule has 1 aliphatic heterocycles. The van der Waals surface area contributed by atoms with Crippen molar-refractivity contribution in [3.05, 3.63) is 0 Å². The summed E-state index contributed by atoms with van der Waals surface area (Å²) in [5.41, 5.74) is 0. The first-order valence-electron chi connectivity index (χ1n) is 6.37. The van der Waals surface area contributed by atoms with Crippen molar-refractivity contribution in [3.8, 4) is 0 Å². The van der Waals surface area contributed by atoms with Crippen molar-refractivity contribution in [2.24, 2.45) is 0 Å². The lowest BCUT2D eigenvalue weighted by Crippen LogP contribution is -2.49. The first kappa shape index (κ1) is 14.8. The molecule has 18 heavy (non-hydrogen) atoms. The van der Waals surface area contributed by atoms with Gasteiger partial charge in [0.05, 0.1) is 6.42 Å². The fourth-order valence-electron chi connectivity index (χ4n) is 2.28. The van der Waals surface area contributed by atoms with Crippen LogP contribution in [0.15, 0.2) is 0 Å². The number of carbonyl (C=O) groups excluding carboxylic acids is 1. The smallest absolute Gasteiger partial charge is 0.317 e. The Morgan fingerprint density at radius 2 is 2.11 bits per heavy atom. The minimum Gasteiger partial charge on any atom is -0.481 e. The zero-order valence-electron chi connectivity index (χ0n) is 11.3. The summed E-state index contributed by atoms with van der Waals surface area (Å²) < 4.78 is 0. The minimum absolute atomic E-state index is 0.0478. The van der Waals surface area contributed by atoms with Crippen molar-refractivity contribution in [2.75, 3.05) is 26.7 Å². The molecule has 0 radical (unpaired) electrons. The Morgan fingerprint density at radius 1 is 1.44 bits per heavy atom. The van der Waals surface area contributed by atoms with E-state index in [1.807, 2.05) is 14.0 Å². The van der Waals surface area contributed by atoms with Crippen LogP contribution in [0.2, 0.25) is 0 Å². The SMILES string of the molecule is CC(CC(=O)O)NC(=O)N1CCCN(C)CC1C. The lowest BCUT2D eigenvalue weighted by Gasteiger charge is -2.29. The Labute approximate surface area is 108 Å². The number of carbonyl (C=O) groups is 2. The van der Waals surface area contributed by atoms with Gasteiger partial charge in [-0.05, 0) is 33.9 Å². The summed E-state index contributed by atoms with van der Waals surface area (Å²) in [5, 5.41) is 11.4. The van der Waals surface area contributed by atoms with Gasteiger partial charge in [-0.3, -0.25) is 4.79 Å². The maximum absolute atomic E-state index is 12.1. The molecular weight excluding hydrogens is 234 g/mol. The Kier molecular flexibility index (Phi) is 5.40. The molecule has 1 heterocycles. The fraction of sp³-hybridized carbons (Fsp3) is 0.833. The van der Waals surface area contributed by atoms with Crippen molar-refractivity contribution >= 4 is 12.0 Å². The highest BCUT2D eigenvalue weighted by atomic mass is 16.4. The van der Waals surface area contributed by atoms with E-state index in [1.165, 1.54) is 0 Å². The lowest BCUT2D eigenvalue weighted by atomic mass is 10.2. The van der Waals surface area contributed by atoms with Gasteiger partial charge in [-0.2, -0.15) is 0 Å². The molecule has 6 nitrogen and oxygen atoms in total. The summed E-state index contributed by atoms with van der Waals surface area (Å²) in [7, 11) is 2.05. The summed E-state index contributed by atoms with van der Waals surface area (Å²) in [5.74, 6) is -0.897. The van der Waals surface area contributed by atoms with Gasteiger partial charge in [0.1, 0.15) is 0 Å². The molecule has 0 spiro atoms. The Morgan fingerprint density at radius 3 is 2.72 bits per heavy atom. The Balaban J connectivity index is 2.51. The molecule has 1 fully saturated rings.